The number of hydrogen-bond acceptors (Lipinski definition) is 4. The average Bonchev–Trinajstić information content (AvgIpc) is 2.05. The van der Waals surface area contributed by atoms with E-state index in [1.165, 1.54) is 0 Å². The SMILES string of the molecule is CC(NO)c1cnccn1. The van der Waals surface area contributed by atoms with Crippen molar-refractivity contribution in [3.8, 4) is 0 Å². The molecule has 0 bridgehead atoms. The molecule has 0 spiro atoms. The highest BCUT2D eigenvalue weighted by Gasteiger charge is 2.02. The van der Waals surface area contributed by atoms with E-state index >= 15 is 0 Å². The lowest BCUT2D eigenvalue weighted by Gasteiger charge is -2.05. The van der Waals surface area contributed by atoms with Gasteiger partial charge in [0.2, 0.25) is 0 Å². The molecule has 10 heavy (non-hydrogen) atoms. The van der Waals surface area contributed by atoms with Crippen LogP contribution in [0.3, 0.4) is 0 Å². The summed E-state index contributed by atoms with van der Waals surface area (Å²) in [7, 11) is 0. The van der Waals surface area contributed by atoms with Gasteiger partial charge in [-0.05, 0) is 6.92 Å². The Morgan fingerprint density at radius 3 is 2.90 bits per heavy atom. The third-order valence-corrected chi connectivity index (χ3v) is 1.22. The van der Waals surface area contributed by atoms with Gasteiger partial charge in [-0.3, -0.25) is 9.97 Å². The summed E-state index contributed by atoms with van der Waals surface area (Å²) in [6.45, 7) is 1.80. The van der Waals surface area contributed by atoms with Gasteiger partial charge in [0, 0.05) is 12.4 Å². The van der Waals surface area contributed by atoms with E-state index in [4.69, 9.17) is 5.21 Å². The second-order valence-electron chi connectivity index (χ2n) is 1.98. The van der Waals surface area contributed by atoms with E-state index in [1.807, 2.05) is 0 Å². The van der Waals surface area contributed by atoms with Crippen molar-refractivity contribution < 1.29 is 5.21 Å². The number of aromatic nitrogens is 2. The Balaban J connectivity index is 2.75. The third kappa shape index (κ3) is 1.49. The Hall–Kier alpha value is -1.00. The molecule has 0 aliphatic heterocycles. The molecule has 1 heterocycles. The summed E-state index contributed by atoms with van der Waals surface area (Å²) in [5.41, 5.74) is 2.81. The molecule has 1 aromatic rings. The van der Waals surface area contributed by atoms with Gasteiger partial charge in [0.25, 0.3) is 0 Å². The van der Waals surface area contributed by atoms with Gasteiger partial charge >= 0.3 is 0 Å². The van der Waals surface area contributed by atoms with Gasteiger partial charge in [-0.15, -0.1) is 0 Å². The molecule has 0 aliphatic rings. The monoisotopic (exact) mass is 139 g/mol. The molecule has 0 radical (unpaired) electrons. The number of nitrogens with one attached hydrogen (secondary N) is 1. The fourth-order valence-corrected chi connectivity index (χ4v) is 0.600. The Labute approximate surface area is 58.9 Å². The van der Waals surface area contributed by atoms with Crippen LogP contribution in [0.15, 0.2) is 18.6 Å². The maximum Gasteiger partial charge on any atom is 0.0776 e. The molecular weight excluding hydrogens is 130 g/mol. The van der Waals surface area contributed by atoms with Gasteiger partial charge in [0.05, 0.1) is 17.9 Å². The Morgan fingerprint density at radius 2 is 2.40 bits per heavy atom. The van der Waals surface area contributed by atoms with Crippen LogP contribution in [0.2, 0.25) is 0 Å². The van der Waals surface area contributed by atoms with E-state index in [-0.39, 0.29) is 6.04 Å². The lowest BCUT2D eigenvalue weighted by molar-refractivity contribution is 0.131. The zero-order valence-electron chi connectivity index (χ0n) is 5.65. The first-order valence-corrected chi connectivity index (χ1v) is 3.00. The number of rotatable bonds is 2. The molecule has 4 heteroatoms. The predicted octanol–water partition coefficient (Wildman–Crippen LogP) is 0.516. The van der Waals surface area contributed by atoms with Crippen molar-refractivity contribution in [3.63, 3.8) is 0 Å². The van der Waals surface area contributed by atoms with Gasteiger partial charge in [0.1, 0.15) is 0 Å². The average molecular weight is 139 g/mol. The molecule has 4 nitrogen and oxygen atoms in total. The fraction of sp³-hybridized carbons (Fsp3) is 0.333. The van der Waals surface area contributed by atoms with Gasteiger partial charge in [-0.1, -0.05) is 0 Å². The molecule has 54 valence electrons. The van der Waals surface area contributed by atoms with E-state index in [2.05, 4.69) is 15.4 Å². The topological polar surface area (TPSA) is 58.0 Å². The molecule has 0 saturated heterocycles. The minimum absolute atomic E-state index is 0.159. The van der Waals surface area contributed by atoms with Crippen LogP contribution < -0.4 is 5.48 Å². The van der Waals surface area contributed by atoms with Crippen LogP contribution in [0.1, 0.15) is 18.7 Å². The van der Waals surface area contributed by atoms with E-state index in [0.717, 1.165) is 5.69 Å². The summed E-state index contributed by atoms with van der Waals surface area (Å²) in [4.78, 5) is 7.80. The summed E-state index contributed by atoms with van der Waals surface area (Å²) < 4.78 is 0. The maximum absolute atomic E-state index is 8.47. The largest absolute Gasteiger partial charge is 0.316 e. The first-order valence-electron chi connectivity index (χ1n) is 3.00. The van der Waals surface area contributed by atoms with Crippen molar-refractivity contribution in [2.75, 3.05) is 0 Å². The molecular formula is C6H9N3O. The summed E-state index contributed by atoms with van der Waals surface area (Å²) in [6.07, 6.45) is 4.78. The van der Waals surface area contributed by atoms with Crippen LogP contribution in [-0.2, 0) is 0 Å². The number of nitrogens with zero attached hydrogens (tertiary/aromatic N) is 2. The van der Waals surface area contributed by atoms with Crippen LogP contribution in [0.5, 0.6) is 0 Å². The molecule has 1 aromatic heterocycles. The Morgan fingerprint density at radius 1 is 1.60 bits per heavy atom. The second kappa shape index (κ2) is 3.24. The van der Waals surface area contributed by atoms with Crippen molar-refractivity contribution in [2.24, 2.45) is 0 Å². The van der Waals surface area contributed by atoms with Crippen LogP contribution >= 0.6 is 0 Å². The highest BCUT2D eigenvalue weighted by Crippen LogP contribution is 2.03. The quantitative estimate of drug-likeness (QED) is 0.586. The van der Waals surface area contributed by atoms with E-state index in [9.17, 15) is 0 Å². The van der Waals surface area contributed by atoms with Gasteiger partial charge < -0.3 is 5.21 Å². The van der Waals surface area contributed by atoms with Crippen LogP contribution in [0.4, 0.5) is 0 Å². The Bertz CT molecular complexity index is 189. The number of hydroxylamine groups is 1. The molecule has 1 rings (SSSR count). The molecule has 0 aliphatic carbocycles. The van der Waals surface area contributed by atoms with Crippen molar-refractivity contribution in [1.29, 1.82) is 0 Å². The minimum atomic E-state index is -0.159. The van der Waals surface area contributed by atoms with E-state index in [0.29, 0.717) is 0 Å². The second-order valence-corrected chi connectivity index (χ2v) is 1.98. The molecule has 0 fully saturated rings. The highest BCUT2D eigenvalue weighted by molar-refractivity contribution is 4.99. The predicted molar refractivity (Wildman–Crippen MR) is 35.4 cm³/mol. The van der Waals surface area contributed by atoms with Gasteiger partial charge in [0.15, 0.2) is 0 Å². The third-order valence-electron chi connectivity index (χ3n) is 1.22. The van der Waals surface area contributed by atoms with Crippen molar-refractivity contribution in [3.05, 3.63) is 24.3 Å². The van der Waals surface area contributed by atoms with Crippen LogP contribution in [-0.4, -0.2) is 15.2 Å². The summed E-state index contributed by atoms with van der Waals surface area (Å²) >= 11 is 0. The van der Waals surface area contributed by atoms with Crippen LogP contribution in [0.25, 0.3) is 0 Å². The van der Waals surface area contributed by atoms with Gasteiger partial charge in [-0.2, -0.15) is 5.48 Å². The molecule has 0 amide bonds. The molecule has 2 N–H and O–H groups in total. The first-order chi connectivity index (χ1) is 4.84. The van der Waals surface area contributed by atoms with Crippen molar-refractivity contribution >= 4 is 0 Å². The zero-order chi connectivity index (χ0) is 7.40. The van der Waals surface area contributed by atoms with Crippen molar-refractivity contribution in [1.82, 2.24) is 15.4 Å². The van der Waals surface area contributed by atoms with Crippen LogP contribution in [0, 0.1) is 0 Å². The lowest BCUT2D eigenvalue weighted by atomic mass is 10.3. The van der Waals surface area contributed by atoms with E-state index < -0.39 is 0 Å². The Kier molecular flexibility index (Phi) is 2.30. The number of hydrogen-bond donors (Lipinski definition) is 2. The van der Waals surface area contributed by atoms with Crippen molar-refractivity contribution in [2.45, 2.75) is 13.0 Å². The zero-order valence-corrected chi connectivity index (χ0v) is 5.65. The smallest absolute Gasteiger partial charge is 0.0776 e. The standard InChI is InChI=1S/C6H9N3O/c1-5(9-10)6-4-7-2-3-8-6/h2-5,9-10H,1H3. The molecule has 0 saturated carbocycles. The van der Waals surface area contributed by atoms with E-state index in [1.54, 1.807) is 25.5 Å². The minimum Gasteiger partial charge on any atom is -0.316 e. The fourth-order valence-electron chi connectivity index (χ4n) is 0.600. The maximum atomic E-state index is 8.47. The summed E-state index contributed by atoms with van der Waals surface area (Å²) in [5, 5.41) is 8.47. The molecule has 1 unspecified atom stereocenters. The molecule has 0 aromatic carbocycles. The lowest BCUT2D eigenvalue weighted by Crippen LogP contribution is -2.14. The summed E-state index contributed by atoms with van der Waals surface area (Å²) in [6, 6.07) is -0.159. The molecule has 1 atom stereocenters. The normalized spacial score (nSPS) is 13.0. The highest BCUT2D eigenvalue weighted by atomic mass is 16.5. The van der Waals surface area contributed by atoms with Gasteiger partial charge in [-0.25, -0.2) is 0 Å². The summed E-state index contributed by atoms with van der Waals surface area (Å²) in [5.74, 6) is 0. The first kappa shape index (κ1) is 7.11.